The fraction of sp³-hybridized carbons (Fsp3) is 1.00. The van der Waals surface area contributed by atoms with Crippen molar-refractivity contribution in [2.75, 3.05) is 39.4 Å². The number of aliphatic hydroxyl groups is 1. The van der Waals surface area contributed by atoms with Crippen LogP contribution in [-0.2, 0) is 4.74 Å². The van der Waals surface area contributed by atoms with Crippen molar-refractivity contribution in [2.24, 2.45) is 11.8 Å². The fourth-order valence-electron chi connectivity index (χ4n) is 3.40. The molecule has 1 saturated carbocycles. The molecule has 0 spiro atoms. The highest BCUT2D eigenvalue weighted by molar-refractivity contribution is 4.82. The highest BCUT2D eigenvalue weighted by Gasteiger charge is 2.25. The standard InChI is InChI=1S/C15H30N2O2/c1-12-3-4-15(13(2)9-12)16-10-14(18)11-17-5-7-19-8-6-17/h12-16,18H,3-11H2,1-2H3. The summed E-state index contributed by atoms with van der Waals surface area (Å²) in [5, 5.41) is 13.7. The normalized spacial score (nSPS) is 35.2. The first-order chi connectivity index (χ1) is 9.15. The Balaban J connectivity index is 1.63. The van der Waals surface area contributed by atoms with Crippen molar-refractivity contribution < 1.29 is 9.84 Å². The third-order valence-corrected chi connectivity index (χ3v) is 4.62. The Morgan fingerprint density at radius 2 is 2.00 bits per heavy atom. The molecular weight excluding hydrogens is 240 g/mol. The van der Waals surface area contributed by atoms with Crippen molar-refractivity contribution in [1.82, 2.24) is 10.2 Å². The van der Waals surface area contributed by atoms with Gasteiger partial charge in [0, 0.05) is 32.2 Å². The average Bonchev–Trinajstić information content (AvgIpc) is 2.39. The van der Waals surface area contributed by atoms with Crippen LogP contribution in [0.25, 0.3) is 0 Å². The first kappa shape index (κ1) is 15.2. The maximum Gasteiger partial charge on any atom is 0.0791 e. The van der Waals surface area contributed by atoms with Crippen LogP contribution in [0.15, 0.2) is 0 Å². The summed E-state index contributed by atoms with van der Waals surface area (Å²) in [5.74, 6) is 1.60. The topological polar surface area (TPSA) is 44.7 Å². The lowest BCUT2D eigenvalue weighted by Crippen LogP contribution is -2.47. The van der Waals surface area contributed by atoms with Gasteiger partial charge >= 0.3 is 0 Å². The molecule has 2 fully saturated rings. The second kappa shape index (κ2) is 7.58. The quantitative estimate of drug-likeness (QED) is 0.785. The fourth-order valence-corrected chi connectivity index (χ4v) is 3.40. The Kier molecular flexibility index (Phi) is 6.07. The van der Waals surface area contributed by atoms with Gasteiger partial charge in [-0.1, -0.05) is 13.8 Å². The van der Waals surface area contributed by atoms with Gasteiger partial charge in [0.15, 0.2) is 0 Å². The highest BCUT2D eigenvalue weighted by atomic mass is 16.5. The molecule has 4 heteroatoms. The van der Waals surface area contributed by atoms with Gasteiger partial charge in [0.1, 0.15) is 0 Å². The van der Waals surface area contributed by atoms with Crippen molar-refractivity contribution in [1.29, 1.82) is 0 Å². The molecule has 1 aliphatic heterocycles. The summed E-state index contributed by atoms with van der Waals surface area (Å²) in [6.45, 7) is 9.69. The Hall–Kier alpha value is -0.160. The second-order valence-corrected chi connectivity index (χ2v) is 6.48. The minimum absolute atomic E-state index is 0.260. The van der Waals surface area contributed by atoms with E-state index in [1.165, 1.54) is 19.3 Å². The van der Waals surface area contributed by atoms with Crippen LogP contribution in [0.1, 0.15) is 33.1 Å². The van der Waals surface area contributed by atoms with Gasteiger partial charge in [-0.3, -0.25) is 4.90 Å². The second-order valence-electron chi connectivity index (χ2n) is 6.48. The van der Waals surface area contributed by atoms with Crippen molar-refractivity contribution in [3.8, 4) is 0 Å². The summed E-state index contributed by atoms with van der Waals surface area (Å²) in [6, 6.07) is 0.593. The molecule has 0 aromatic carbocycles. The average molecular weight is 270 g/mol. The molecule has 0 amide bonds. The van der Waals surface area contributed by atoms with Gasteiger partial charge in [0.25, 0.3) is 0 Å². The zero-order chi connectivity index (χ0) is 13.7. The molecule has 112 valence electrons. The van der Waals surface area contributed by atoms with E-state index in [0.29, 0.717) is 6.04 Å². The molecular formula is C15H30N2O2. The van der Waals surface area contributed by atoms with E-state index in [-0.39, 0.29) is 6.10 Å². The zero-order valence-corrected chi connectivity index (χ0v) is 12.5. The van der Waals surface area contributed by atoms with E-state index in [4.69, 9.17) is 4.74 Å². The largest absolute Gasteiger partial charge is 0.390 e. The summed E-state index contributed by atoms with van der Waals surface area (Å²) in [5.41, 5.74) is 0. The molecule has 19 heavy (non-hydrogen) atoms. The number of nitrogens with zero attached hydrogens (tertiary/aromatic N) is 1. The lowest BCUT2D eigenvalue weighted by molar-refractivity contribution is 0.0137. The molecule has 2 N–H and O–H groups in total. The summed E-state index contributed by atoms with van der Waals surface area (Å²) >= 11 is 0. The van der Waals surface area contributed by atoms with Crippen molar-refractivity contribution in [3.63, 3.8) is 0 Å². The van der Waals surface area contributed by atoms with Gasteiger partial charge in [-0.05, 0) is 31.1 Å². The summed E-state index contributed by atoms with van der Waals surface area (Å²) < 4.78 is 5.32. The molecule has 4 nitrogen and oxygen atoms in total. The molecule has 2 aliphatic rings. The van der Waals surface area contributed by atoms with Crippen LogP contribution in [0.2, 0.25) is 0 Å². The minimum atomic E-state index is -0.260. The molecule has 1 aliphatic carbocycles. The Morgan fingerprint density at radius 3 is 2.68 bits per heavy atom. The van der Waals surface area contributed by atoms with Crippen LogP contribution in [0, 0.1) is 11.8 Å². The highest BCUT2D eigenvalue weighted by Crippen LogP contribution is 2.28. The van der Waals surface area contributed by atoms with Crippen LogP contribution >= 0.6 is 0 Å². The summed E-state index contributed by atoms with van der Waals surface area (Å²) in [6.07, 6.45) is 3.63. The number of hydrogen-bond donors (Lipinski definition) is 2. The lowest BCUT2D eigenvalue weighted by atomic mass is 9.80. The maximum absolute atomic E-state index is 10.1. The third kappa shape index (κ3) is 5.03. The molecule has 1 heterocycles. The SMILES string of the molecule is CC1CCC(NCC(O)CN2CCOCC2)C(C)C1. The van der Waals surface area contributed by atoms with Gasteiger partial charge in [0.2, 0.25) is 0 Å². The summed E-state index contributed by atoms with van der Waals surface area (Å²) in [4.78, 5) is 2.29. The van der Waals surface area contributed by atoms with E-state index in [9.17, 15) is 5.11 Å². The molecule has 0 aromatic heterocycles. The van der Waals surface area contributed by atoms with Gasteiger partial charge in [-0.25, -0.2) is 0 Å². The van der Waals surface area contributed by atoms with E-state index in [1.54, 1.807) is 0 Å². The molecule has 0 aromatic rings. The number of ether oxygens (including phenoxy) is 1. The zero-order valence-electron chi connectivity index (χ0n) is 12.5. The number of nitrogens with one attached hydrogen (secondary N) is 1. The monoisotopic (exact) mass is 270 g/mol. The van der Waals surface area contributed by atoms with E-state index in [0.717, 1.165) is 51.2 Å². The van der Waals surface area contributed by atoms with E-state index in [2.05, 4.69) is 24.1 Å². The maximum atomic E-state index is 10.1. The van der Waals surface area contributed by atoms with Gasteiger partial charge < -0.3 is 15.2 Å². The van der Waals surface area contributed by atoms with Crippen molar-refractivity contribution in [2.45, 2.75) is 45.3 Å². The number of morpholine rings is 1. The van der Waals surface area contributed by atoms with E-state index < -0.39 is 0 Å². The van der Waals surface area contributed by atoms with Gasteiger partial charge in [-0.15, -0.1) is 0 Å². The summed E-state index contributed by atoms with van der Waals surface area (Å²) in [7, 11) is 0. The molecule has 2 rings (SSSR count). The van der Waals surface area contributed by atoms with Crippen LogP contribution in [0.5, 0.6) is 0 Å². The predicted octanol–water partition coefficient (Wildman–Crippen LogP) is 1.09. The molecule has 4 unspecified atom stereocenters. The van der Waals surface area contributed by atoms with Crippen molar-refractivity contribution >= 4 is 0 Å². The molecule has 0 bridgehead atoms. The molecule has 0 radical (unpaired) electrons. The van der Waals surface area contributed by atoms with Crippen LogP contribution in [-0.4, -0.2) is 61.5 Å². The van der Waals surface area contributed by atoms with Gasteiger partial charge in [-0.2, -0.15) is 0 Å². The predicted molar refractivity (Wildman–Crippen MR) is 77.2 cm³/mol. The van der Waals surface area contributed by atoms with Crippen LogP contribution in [0.4, 0.5) is 0 Å². The number of rotatable bonds is 5. The Labute approximate surface area is 117 Å². The number of hydrogen-bond acceptors (Lipinski definition) is 4. The van der Waals surface area contributed by atoms with E-state index >= 15 is 0 Å². The van der Waals surface area contributed by atoms with Gasteiger partial charge in [0.05, 0.1) is 19.3 Å². The molecule has 4 atom stereocenters. The van der Waals surface area contributed by atoms with Crippen LogP contribution < -0.4 is 5.32 Å². The third-order valence-electron chi connectivity index (χ3n) is 4.62. The first-order valence-corrected chi connectivity index (χ1v) is 7.86. The Bertz CT molecular complexity index is 257. The first-order valence-electron chi connectivity index (χ1n) is 7.86. The minimum Gasteiger partial charge on any atom is -0.390 e. The molecule has 1 saturated heterocycles. The smallest absolute Gasteiger partial charge is 0.0791 e. The number of aliphatic hydroxyl groups excluding tert-OH is 1. The van der Waals surface area contributed by atoms with Crippen LogP contribution in [0.3, 0.4) is 0 Å². The lowest BCUT2D eigenvalue weighted by Gasteiger charge is -2.34. The Morgan fingerprint density at radius 1 is 1.26 bits per heavy atom. The number of β-amino-alcohol motifs (C(OH)–C–C–N with tert-alkyl or cyclic N) is 1. The van der Waals surface area contributed by atoms with E-state index in [1.807, 2.05) is 0 Å². The van der Waals surface area contributed by atoms with Crippen molar-refractivity contribution in [3.05, 3.63) is 0 Å².